The maximum Gasteiger partial charge on any atom is 0.144 e. The van der Waals surface area contributed by atoms with E-state index in [1.54, 1.807) is 0 Å². The van der Waals surface area contributed by atoms with Gasteiger partial charge in [0.05, 0.1) is 24.1 Å². The summed E-state index contributed by atoms with van der Waals surface area (Å²) in [6.45, 7) is 1.11. The third-order valence-electron chi connectivity index (χ3n) is 3.80. The fraction of sp³-hybridized carbons (Fsp3) is 0.692. The molecule has 4 nitrogen and oxygen atoms in total. The van der Waals surface area contributed by atoms with Crippen molar-refractivity contribution in [3.63, 3.8) is 0 Å². The number of hydrogen-bond acceptors (Lipinski definition) is 4. The lowest BCUT2D eigenvalue weighted by molar-refractivity contribution is 0.624. The molecule has 1 aromatic heterocycles. The van der Waals surface area contributed by atoms with Gasteiger partial charge in [-0.05, 0) is 32.2 Å². The van der Waals surface area contributed by atoms with Gasteiger partial charge in [-0.25, -0.2) is 4.98 Å². The van der Waals surface area contributed by atoms with Gasteiger partial charge in [0.2, 0.25) is 0 Å². The lowest BCUT2D eigenvalue weighted by atomic mass is 10.2. The zero-order chi connectivity index (χ0) is 11.5. The molecular formula is C13H20N4. The summed E-state index contributed by atoms with van der Waals surface area (Å²) in [5, 5.41) is 6.91. The lowest BCUT2D eigenvalue weighted by Crippen LogP contribution is -2.17. The highest BCUT2D eigenvalue weighted by molar-refractivity contribution is 5.33. The molecule has 1 unspecified atom stereocenters. The molecule has 92 valence electrons. The molecule has 2 heterocycles. The van der Waals surface area contributed by atoms with Crippen molar-refractivity contribution in [3.8, 4) is 0 Å². The maximum absolute atomic E-state index is 4.52. The minimum absolute atomic E-state index is 0.419. The van der Waals surface area contributed by atoms with Crippen LogP contribution < -0.4 is 10.6 Å². The summed E-state index contributed by atoms with van der Waals surface area (Å²) in [7, 11) is 0. The molecule has 1 saturated heterocycles. The van der Waals surface area contributed by atoms with Gasteiger partial charge in [0.15, 0.2) is 0 Å². The molecule has 4 heteroatoms. The summed E-state index contributed by atoms with van der Waals surface area (Å²) in [6.07, 6.45) is 11.5. The summed E-state index contributed by atoms with van der Waals surface area (Å²) in [6, 6.07) is 1.03. The Kier molecular flexibility index (Phi) is 3.22. The van der Waals surface area contributed by atoms with Crippen LogP contribution in [0.3, 0.4) is 0 Å². The van der Waals surface area contributed by atoms with Crippen molar-refractivity contribution >= 4 is 5.82 Å². The number of nitrogens with one attached hydrogen (secondary N) is 2. The van der Waals surface area contributed by atoms with Crippen LogP contribution in [0.2, 0.25) is 0 Å². The summed E-state index contributed by atoms with van der Waals surface area (Å²) in [5.74, 6) is 0.929. The molecule has 0 amide bonds. The average Bonchev–Trinajstić information content (AvgIpc) is 3.01. The van der Waals surface area contributed by atoms with Gasteiger partial charge in [0.1, 0.15) is 5.82 Å². The quantitative estimate of drug-likeness (QED) is 0.839. The molecule has 0 spiro atoms. The predicted molar refractivity (Wildman–Crippen MR) is 67.9 cm³/mol. The Hall–Kier alpha value is -1.16. The molecule has 1 aliphatic heterocycles. The molecule has 3 rings (SSSR count). The third-order valence-corrected chi connectivity index (χ3v) is 3.80. The number of anilines is 1. The van der Waals surface area contributed by atoms with E-state index < -0.39 is 0 Å². The van der Waals surface area contributed by atoms with E-state index in [1.165, 1.54) is 38.5 Å². The molecule has 2 fully saturated rings. The van der Waals surface area contributed by atoms with E-state index >= 15 is 0 Å². The zero-order valence-electron chi connectivity index (χ0n) is 10.2. The lowest BCUT2D eigenvalue weighted by Gasteiger charge is -2.13. The molecular weight excluding hydrogens is 212 g/mol. The van der Waals surface area contributed by atoms with Crippen molar-refractivity contribution in [2.45, 2.75) is 50.6 Å². The monoisotopic (exact) mass is 232 g/mol. The van der Waals surface area contributed by atoms with Crippen molar-refractivity contribution < 1.29 is 0 Å². The van der Waals surface area contributed by atoms with Crippen molar-refractivity contribution in [3.05, 3.63) is 18.1 Å². The largest absolute Gasteiger partial charge is 0.366 e. The molecule has 0 aromatic carbocycles. The minimum Gasteiger partial charge on any atom is -0.366 e. The first-order valence-corrected chi connectivity index (χ1v) is 6.74. The molecule has 1 atom stereocenters. The topological polar surface area (TPSA) is 49.8 Å². The smallest absolute Gasteiger partial charge is 0.144 e. The Morgan fingerprint density at radius 1 is 1.06 bits per heavy atom. The molecule has 2 N–H and O–H groups in total. The fourth-order valence-electron chi connectivity index (χ4n) is 2.81. The first-order valence-electron chi connectivity index (χ1n) is 6.74. The SMILES string of the molecule is c1nc(C2CCCN2)cnc1NC1CCCC1. The van der Waals surface area contributed by atoms with Crippen molar-refractivity contribution in [2.24, 2.45) is 0 Å². The normalized spacial score (nSPS) is 25.3. The molecule has 0 radical (unpaired) electrons. The zero-order valence-corrected chi connectivity index (χ0v) is 10.2. The van der Waals surface area contributed by atoms with E-state index in [4.69, 9.17) is 0 Å². The summed E-state index contributed by atoms with van der Waals surface area (Å²) in [5.41, 5.74) is 1.08. The molecule has 1 aliphatic carbocycles. The average molecular weight is 232 g/mol. The van der Waals surface area contributed by atoms with Gasteiger partial charge in [-0.3, -0.25) is 4.98 Å². The van der Waals surface area contributed by atoms with Gasteiger partial charge in [-0.1, -0.05) is 12.8 Å². The Balaban J connectivity index is 1.62. The van der Waals surface area contributed by atoms with Crippen molar-refractivity contribution in [1.82, 2.24) is 15.3 Å². The van der Waals surface area contributed by atoms with Crippen molar-refractivity contribution in [1.29, 1.82) is 0 Å². The fourth-order valence-corrected chi connectivity index (χ4v) is 2.81. The Morgan fingerprint density at radius 2 is 1.94 bits per heavy atom. The summed E-state index contributed by atoms with van der Waals surface area (Å²) >= 11 is 0. The Bertz CT molecular complexity index is 350. The molecule has 0 bridgehead atoms. The highest BCUT2D eigenvalue weighted by Gasteiger charge is 2.18. The molecule has 1 aromatic rings. The maximum atomic E-state index is 4.52. The number of rotatable bonds is 3. The van der Waals surface area contributed by atoms with Crippen LogP contribution in [0.1, 0.15) is 50.3 Å². The van der Waals surface area contributed by atoms with Gasteiger partial charge < -0.3 is 10.6 Å². The first-order chi connectivity index (χ1) is 8.42. The summed E-state index contributed by atoms with van der Waals surface area (Å²) < 4.78 is 0. The van der Waals surface area contributed by atoms with Crippen LogP contribution in [-0.4, -0.2) is 22.6 Å². The molecule has 2 aliphatic rings. The predicted octanol–water partition coefficient (Wildman–Crippen LogP) is 2.26. The van der Waals surface area contributed by atoms with Crippen LogP contribution in [0, 0.1) is 0 Å². The minimum atomic E-state index is 0.419. The van der Waals surface area contributed by atoms with E-state index in [0.717, 1.165) is 18.1 Å². The van der Waals surface area contributed by atoms with E-state index in [1.807, 2.05) is 12.4 Å². The van der Waals surface area contributed by atoms with Crippen LogP contribution in [0.4, 0.5) is 5.82 Å². The third kappa shape index (κ3) is 2.57. The van der Waals surface area contributed by atoms with E-state index in [-0.39, 0.29) is 0 Å². The van der Waals surface area contributed by atoms with Crippen LogP contribution in [0.15, 0.2) is 12.4 Å². The van der Waals surface area contributed by atoms with Crippen LogP contribution in [0.25, 0.3) is 0 Å². The Labute approximate surface area is 102 Å². The second kappa shape index (κ2) is 5.00. The van der Waals surface area contributed by atoms with Crippen LogP contribution >= 0.6 is 0 Å². The highest BCUT2D eigenvalue weighted by Crippen LogP contribution is 2.23. The Morgan fingerprint density at radius 3 is 2.59 bits per heavy atom. The first kappa shape index (κ1) is 11.0. The molecule has 1 saturated carbocycles. The standard InChI is InChI=1S/C13H20N4/c1-2-5-10(4-1)17-13-9-15-12(8-16-13)11-6-3-7-14-11/h8-11,14H,1-7H2,(H,16,17). The second-order valence-corrected chi connectivity index (χ2v) is 5.10. The van der Waals surface area contributed by atoms with E-state index in [2.05, 4.69) is 20.6 Å². The summed E-state index contributed by atoms with van der Waals surface area (Å²) in [4.78, 5) is 8.99. The number of nitrogens with zero attached hydrogens (tertiary/aromatic N) is 2. The highest BCUT2D eigenvalue weighted by atomic mass is 15.0. The molecule has 17 heavy (non-hydrogen) atoms. The van der Waals surface area contributed by atoms with Gasteiger partial charge in [0.25, 0.3) is 0 Å². The van der Waals surface area contributed by atoms with Crippen LogP contribution in [0.5, 0.6) is 0 Å². The van der Waals surface area contributed by atoms with Gasteiger partial charge in [0, 0.05) is 6.04 Å². The second-order valence-electron chi connectivity index (χ2n) is 5.10. The van der Waals surface area contributed by atoms with Gasteiger partial charge in [-0.2, -0.15) is 0 Å². The number of aromatic nitrogens is 2. The van der Waals surface area contributed by atoms with Crippen LogP contribution in [-0.2, 0) is 0 Å². The van der Waals surface area contributed by atoms with Gasteiger partial charge in [-0.15, -0.1) is 0 Å². The van der Waals surface area contributed by atoms with E-state index in [0.29, 0.717) is 12.1 Å². The van der Waals surface area contributed by atoms with Gasteiger partial charge >= 0.3 is 0 Å². The van der Waals surface area contributed by atoms with E-state index in [9.17, 15) is 0 Å². The number of hydrogen-bond donors (Lipinski definition) is 2. The van der Waals surface area contributed by atoms with Crippen molar-refractivity contribution in [2.75, 3.05) is 11.9 Å².